The molecule has 0 fully saturated rings. The molecule has 47 heavy (non-hydrogen) atoms. The molecule has 2 aliphatic rings. The van der Waals surface area contributed by atoms with Gasteiger partial charge in [-0.3, -0.25) is 0 Å². The molecule has 4 aromatic carbocycles. The average Bonchev–Trinajstić information content (AvgIpc) is 3.13. The molecule has 0 bridgehead atoms. The van der Waals surface area contributed by atoms with Gasteiger partial charge in [0.15, 0.2) is 0 Å². The number of hydrogen-bond acceptors (Lipinski definition) is 1. The second-order valence-corrected chi connectivity index (χ2v) is 11.9. The molecule has 0 radical (unpaired) electrons. The van der Waals surface area contributed by atoms with E-state index in [2.05, 4.69) is 196 Å². The van der Waals surface area contributed by atoms with Crippen molar-refractivity contribution in [2.75, 3.05) is 0 Å². The SMILES string of the molecule is CC=C1C=CC=C(OC2=CC=CC(=CC)C2Cc2ccccc2C=Cc2ccccc2)C1Cc1ccccc1C=Cc1ccccc1. The Morgan fingerprint density at radius 3 is 1.32 bits per heavy atom. The summed E-state index contributed by atoms with van der Waals surface area (Å²) >= 11 is 0. The second-order valence-electron chi connectivity index (χ2n) is 11.9. The molecule has 0 aliphatic heterocycles. The lowest BCUT2D eigenvalue weighted by Gasteiger charge is -2.30. The van der Waals surface area contributed by atoms with Gasteiger partial charge in [0, 0.05) is 11.8 Å². The van der Waals surface area contributed by atoms with E-state index in [9.17, 15) is 0 Å². The second kappa shape index (κ2) is 15.7. The molecule has 0 heterocycles. The molecule has 0 spiro atoms. The molecular formula is C46H42O. The molecule has 1 nitrogen and oxygen atoms in total. The number of rotatable bonds is 10. The fourth-order valence-electron chi connectivity index (χ4n) is 6.38. The van der Waals surface area contributed by atoms with Gasteiger partial charge < -0.3 is 4.74 Å². The van der Waals surface area contributed by atoms with Gasteiger partial charge in [0.05, 0.1) is 0 Å². The summed E-state index contributed by atoms with van der Waals surface area (Å²) in [6, 6.07) is 38.4. The van der Waals surface area contributed by atoms with Crippen molar-refractivity contribution < 1.29 is 4.74 Å². The largest absolute Gasteiger partial charge is 0.465 e. The molecule has 4 aromatic rings. The van der Waals surface area contributed by atoms with Crippen LogP contribution in [0, 0.1) is 11.8 Å². The molecule has 2 atom stereocenters. The standard InChI is InChI=1S/C46H42O/c1-3-37-25-15-27-45(43(37)33-41-23-13-11-21-39(41)31-29-35-17-7-5-8-18-35)47-46-28-16-26-38(4-2)44(46)34-42-24-14-12-22-40(42)32-30-36-19-9-6-10-20-36/h3-32,43-44H,33-34H2,1-2H3. The first-order valence-corrected chi connectivity index (χ1v) is 16.6. The molecule has 2 aliphatic carbocycles. The van der Waals surface area contributed by atoms with E-state index in [1.165, 1.54) is 44.5 Å². The Balaban J connectivity index is 1.26. The molecule has 0 saturated heterocycles. The van der Waals surface area contributed by atoms with Crippen LogP contribution in [0.25, 0.3) is 24.3 Å². The van der Waals surface area contributed by atoms with Gasteiger partial charge in [-0.05, 0) is 83.4 Å². The summed E-state index contributed by atoms with van der Waals surface area (Å²) in [6.07, 6.45) is 28.0. The van der Waals surface area contributed by atoms with E-state index in [1.807, 2.05) is 0 Å². The van der Waals surface area contributed by atoms with Crippen LogP contribution in [-0.2, 0) is 17.6 Å². The van der Waals surface area contributed by atoms with Crippen LogP contribution in [0.4, 0.5) is 0 Å². The van der Waals surface area contributed by atoms with Crippen molar-refractivity contribution >= 4 is 24.3 Å². The summed E-state index contributed by atoms with van der Waals surface area (Å²) in [4.78, 5) is 0. The third-order valence-corrected chi connectivity index (χ3v) is 8.96. The molecule has 0 N–H and O–H groups in total. The molecule has 1 heteroatoms. The highest BCUT2D eigenvalue weighted by Gasteiger charge is 2.28. The first-order chi connectivity index (χ1) is 23.2. The highest BCUT2D eigenvalue weighted by Crippen LogP contribution is 2.38. The lowest BCUT2D eigenvalue weighted by molar-refractivity contribution is 0.232. The van der Waals surface area contributed by atoms with Crippen LogP contribution in [0.2, 0.25) is 0 Å². The van der Waals surface area contributed by atoms with E-state index in [4.69, 9.17) is 4.74 Å². The predicted octanol–water partition coefficient (Wildman–Crippen LogP) is 11.9. The van der Waals surface area contributed by atoms with Crippen LogP contribution in [0.5, 0.6) is 0 Å². The Morgan fingerprint density at radius 2 is 0.894 bits per heavy atom. The van der Waals surface area contributed by atoms with Crippen LogP contribution in [0.3, 0.4) is 0 Å². The van der Waals surface area contributed by atoms with Crippen molar-refractivity contribution in [2.45, 2.75) is 26.7 Å². The monoisotopic (exact) mass is 610 g/mol. The highest BCUT2D eigenvalue weighted by atomic mass is 16.5. The number of hydrogen-bond donors (Lipinski definition) is 0. The maximum atomic E-state index is 7.01. The lowest BCUT2D eigenvalue weighted by Crippen LogP contribution is -2.20. The first-order valence-electron chi connectivity index (χ1n) is 16.6. The third kappa shape index (κ3) is 8.07. The average molecular weight is 611 g/mol. The van der Waals surface area contributed by atoms with Gasteiger partial charge in [0.1, 0.15) is 11.5 Å². The van der Waals surface area contributed by atoms with Crippen LogP contribution in [-0.4, -0.2) is 0 Å². The summed E-state index contributed by atoms with van der Waals surface area (Å²) < 4.78 is 7.01. The molecule has 0 amide bonds. The van der Waals surface area contributed by atoms with E-state index in [1.54, 1.807) is 0 Å². The van der Waals surface area contributed by atoms with E-state index < -0.39 is 0 Å². The number of ether oxygens (including phenoxy) is 1. The zero-order chi connectivity index (χ0) is 32.3. The minimum atomic E-state index is 0.110. The zero-order valence-corrected chi connectivity index (χ0v) is 27.3. The lowest BCUT2D eigenvalue weighted by atomic mass is 9.83. The fourth-order valence-corrected chi connectivity index (χ4v) is 6.38. The van der Waals surface area contributed by atoms with E-state index in [-0.39, 0.29) is 11.8 Å². The summed E-state index contributed by atoms with van der Waals surface area (Å²) in [5, 5.41) is 0. The molecule has 2 unspecified atom stereocenters. The van der Waals surface area contributed by atoms with Gasteiger partial charge in [0.25, 0.3) is 0 Å². The van der Waals surface area contributed by atoms with Crippen LogP contribution in [0.15, 0.2) is 180 Å². The maximum absolute atomic E-state index is 7.01. The predicted molar refractivity (Wildman–Crippen MR) is 201 cm³/mol. The Kier molecular flexibility index (Phi) is 10.6. The van der Waals surface area contributed by atoms with Crippen LogP contribution in [0.1, 0.15) is 47.2 Å². The first kappa shape index (κ1) is 31.6. The Hall–Kier alpha value is -5.40. The third-order valence-electron chi connectivity index (χ3n) is 8.96. The molecule has 6 rings (SSSR count). The molecule has 232 valence electrons. The minimum absolute atomic E-state index is 0.110. The Labute approximate surface area is 280 Å². The Bertz CT molecular complexity index is 1770. The van der Waals surface area contributed by atoms with Gasteiger partial charge in [-0.15, -0.1) is 0 Å². The summed E-state index contributed by atoms with van der Waals surface area (Å²) in [6.45, 7) is 4.25. The molecule has 0 aromatic heterocycles. The van der Waals surface area contributed by atoms with E-state index >= 15 is 0 Å². The summed E-state index contributed by atoms with van der Waals surface area (Å²) in [5.41, 5.74) is 10.0. The van der Waals surface area contributed by atoms with Gasteiger partial charge in [-0.2, -0.15) is 0 Å². The van der Waals surface area contributed by atoms with Crippen molar-refractivity contribution in [3.63, 3.8) is 0 Å². The van der Waals surface area contributed by atoms with Crippen molar-refractivity contribution in [3.8, 4) is 0 Å². The maximum Gasteiger partial charge on any atom is 0.111 e. The Morgan fingerprint density at radius 1 is 0.489 bits per heavy atom. The van der Waals surface area contributed by atoms with Gasteiger partial charge in [-0.25, -0.2) is 0 Å². The quantitative estimate of drug-likeness (QED) is 0.162. The van der Waals surface area contributed by atoms with Crippen LogP contribution >= 0.6 is 0 Å². The van der Waals surface area contributed by atoms with Gasteiger partial charge in [-0.1, -0.05) is 170 Å². The van der Waals surface area contributed by atoms with Gasteiger partial charge in [0.2, 0.25) is 0 Å². The van der Waals surface area contributed by atoms with E-state index in [0.717, 1.165) is 24.4 Å². The molecular weight excluding hydrogens is 569 g/mol. The normalized spacial score (nSPS) is 19.4. The van der Waals surface area contributed by atoms with Crippen molar-refractivity contribution in [1.29, 1.82) is 0 Å². The summed E-state index contributed by atoms with van der Waals surface area (Å²) in [7, 11) is 0. The fraction of sp³-hybridized carbons (Fsp3) is 0.130. The van der Waals surface area contributed by atoms with Crippen molar-refractivity contribution in [3.05, 3.63) is 214 Å². The van der Waals surface area contributed by atoms with E-state index in [0.29, 0.717) is 0 Å². The van der Waals surface area contributed by atoms with Crippen LogP contribution < -0.4 is 0 Å². The number of allylic oxidation sites excluding steroid dienone is 10. The molecule has 0 saturated carbocycles. The highest BCUT2D eigenvalue weighted by molar-refractivity contribution is 5.72. The van der Waals surface area contributed by atoms with Crippen molar-refractivity contribution in [2.24, 2.45) is 11.8 Å². The number of benzene rings is 4. The van der Waals surface area contributed by atoms with Crippen molar-refractivity contribution in [1.82, 2.24) is 0 Å². The smallest absolute Gasteiger partial charge is 0.111 e. The van der Waals surface area contributed by atoms with Gasteiger partial charge >= 0.3 is 0 Å². The minimum Gasteiger partial charge on any atom is -0.465 e. The topological polar surface area (TPSA) is 9.23 Å². The zero-order valence-electron chi connectivity index (χ0n) is 27.3. The summed E-state index contributed by atoms with van der Waals surface area (Å²) in [5.74, 6) is 2.20.